The first kappa shape index (κ1) is 12.8. The second-order valence-corrected chi connectivity index (χ2v) is 6.26. The van der Waals surface area contributed by atoms with E-state index in [1.165, 1.54) is 25.9 Å². The average molecular weight is 254 g/mol. The van der Waals surface area contributed by atoms with Crippen LogP contribution in [0.4, 0.5) is 5.13 Å². The van der Waals surface area contributed by atoms with Crippen molar-refractivity contribution < 1.29 is 0 Å². The van der Waals surface area contributed by atoms with Crippen molar-refractivity contribution in [2.45, 2.75) is 32.6 Å². The Hall–Kier alpha value is -0.680. The third kappa shape index (κ3) is 3.64. The van der Waals surface area contributed by atoms with Gasteiger partial charge in [-0.25, -0.2) is 0 Å². The first-order valence-electron chi connectivity index (χ1n) is 6.41. The predicted octanol–water partition coefficient (Wildman–Crippen LogP) is 2.42. The number of rotatable bonds is 4. The molecule has 17 heavy (non-hydrogen) atoms. The van der Waals surface area contributed by atoms with Crippen molar-refractivity contribution in [2.24, 2.45) is 5.92 Å². The molecule has 0 amide bonds. The molecule has 1 N–H and O–H groups in total. The molecule has 1 fully saturated rings. The minimum Gasteiger partial charge on any atom is -0.360 e. The molecule has 1 aromatic heterocycles. The van der Waals surface area contributed by atoms with Crippen molar-refractivity contribution in [1.29, 1.82) is 0 Å². The largest absolute Gasteiger partial charge is 0.360 e. The molecule has 1 atom stereocenters. The van der Waals surface area contributed by atoms with E-state index in [9.17, 15) is 0 Å². The molecule has 96 valence electrons. The van der Waals surface area contributed by atoms with Gasteiger partial charge in [0.25, 0.3) is 0 Å². The van der Waals surface area contributed by atoms with E-state index < -0.39 is 0 Å². The van der Waals surface area contributed by atoms with E-state index in [1.54, 1.807) is 11.3 Å². The van der Waals surface area contributed by atoms with Crippen LogP contribution in [0.25, 0.3) is 0 Å². The molecule has 2 rings (SSSR count). The number of hydrogen-bond acceptors (Lipinski definition) is 5. The van der Waals surface area contributed by atoms with Crippen molar-refractivity contribution in [3.63, 3.8) is 0 Å². The molecule has 0 aliphatic carbocycles. The number of likely N-dealkylation sites (tertiary alicyclic amines) is 1. The summed E-state index contributed by atoms with van der Waals surface area (Å²) in [6.07, 6.45) is 2.64. The van der Waals surface area contributed by atoms with Gasteiger partial charge < -0.3 is 10.2 Å². The van der Waals surface area contributed by atoms with E-state index in [1.807, 2.05) is 0 Å². The van der Waals surface area contributed by atoms with Gasteiger partial charge in [-0.1, -0.05) is 25.2 Å². The van der Waals surface area contributed by atoms with Gasteiger partial charge in [0.2, 0.25) is 5.13 Å². The van der Waals surface area contributed by atoms with Crippen molar-refractivity contribution in [3.8, 4) is 0 Å². The van der Waals surface area contributed by atoms with Crippen LogP contribution in [0.1, 0.15) is 37.6 Å². The number of piperidine rings is 1. The monoisotopic (exact) mass is 254 g/mol. The third-order valence-electron chi connectivity index (χ3n) is 3.20. The molecule has 0 spiro atoms. The second-order valence-electron chi connectivity index (χ2n) is 5.25. The van der Waals surface area contributed by atoms with Gasteiger partial charge in [-0.2, -0.15) is 0 Å². The van der Waals surface area contributed by atoms with Gasteiger partial charge in [-0.3, -0.25) is 0 Å². The van der Waals surface area contributed by atoms with E-state index in [0.29, 0.717) is 5.92 Å². The summed E-state index contributed by atoms with van der Waals surface area (Å²) < 4.78 is 0. The zero-order valence-electron chi connectivity index (χ0n) is 10.9. The average Bonchev–Trinajstić information content (AvgIpc) is 2.75. The molecule has 1 aliphatic heterocycles. The van der Waals surface area contributed by atoms with E-state index in [0.717, 1.165) is 22.6 Å². The molecule has 1 aromatic rings. The van der Waals surface area contributed by atoms with Crippen molar-refractivity contribution in [1.82, 2.24) is 15.1 Å². The Bertz CT molecular complexity index is 350. The molecular formula is C12H22N4S. The van der Waals surface area contributed by atoms with Crippen molar-refractivity contribution >= 4 is 16.5 Å². The lowest BCUT2D eigenvalue weighted by atomic mass is 9.99. The van der Waals surface area contributed by atoms with Crippen LogP contribution in [0, 0.1) is 5.92 Å². The van der Waals surface area contributed by atoms with E-state index in [4.69, 9.17) is 0 Å². The fourth-order valence-electron chi connectivity index (χ4n) is 2.21. The summed E-state index contributed by atoms with van der Waals surface area (Å²) in [6, 6.07) is 0. The number of anilines is 1. The quantitative estimate of drug-likeness (QED) is 0.896. The molecule has 0 saturated carbocycles. The first-order chi connectivity index (χ1) is 8.15. The summed E-state index contributed by atoms with van der Waals surface area (Å²) in [5.41, 5.74) is 0. The maximum atomic E-state index is 4.19. The van der Waals surface area contributed by atoms with Gasteiger partial charge in [0.05, 0.1) is 0 Å². The second kappa shape index (κ2) is 5.78. The summed E-state index contributed by atoms with van der Waals surface area (Å²) in [5.74, 6) is 1.23. The minimum absolute atomic E-state index is 0.476. The van der Waals surface area contributed by atoms with Crippen LogP contribution in [0.3, 0.4) is 0 Å². The lowest BCUT2D eigenvalue weighted by molar-refractivity contribution is 0.217. The fourth-order valence-corrected chi connectivity index (χ4v) is 2.96. The molecule has 1 unspecified atom stereocenters. The molecule has 2 heterocycles. The summed E-state index contributed by atoms with van der Waals surface area (Å²) in [5, 5.41) is 13.9. The molecular weight excluding hydrogens is 232 g/mol. The molecule has 4 nitrogen and oxygen atoms in total. The fraction of sp³-hybridized carbons (Fsp3) is 0.833. The van der Waals surface area contributed by atoms with Gasteiger partial charge in [0, 0.05) is 19.0 Å². The van der Waals surface area contributed by atoms with Crippen LogP contribution in [-0.2, 0) is 0 Å². The number of nitrogens with one attached hydrogen (secondary N) is 1. The molecule has 0 bridgehead atoms. The van der Waals surface area contributed by atoms with E-state index in [-0.39, 0.29) is 0 Å². The summed E-state index contributed by atoms with van der Waals surface area (Å²) >= 11 is 1.68. The Kier molecular flexibility index (Phi) is 4.34. The Balaban J connectivity index is 1.80. The van der Waals surface area contributed by atoms with Gasteiger partial charge in [0.15, 0.2) is 0 Å². The standard InChI is InChI=1S/C12H22N4S/c1-9(2)11-14-15-12(17-11)13-7-10-5-4-6-16(3)8-10/h9-10H,4-8H2,1-3H3,(H,13,15). The Morgan fingerprint density at radius 1 is 1.47 bits per heavy atom. The van der Waals surface area contributed by atoms with Crippen LogP contribution >= 0.6 is 11.3 Å². The lowest BCUT2D eigenvalue weighted by Crippen LogP contribution is -2.35. The Labute approximate surface area is 107 Å². The highest BCUT2D eigenvalue weighted by Crippen LogP contribution is 2.23. The minimum atomic E-state index is 0.476. The van der Waals surface area contributed by atoms with Crippen LogP contribution in [-0.4, -0.2) is 41.8 Å². The van der Waals surface area contributed by atoms with Crippen molar-refractivity contribution in [3.05, 3.63) is 5.01 Å². The van der Waals surface area contributed by atoms with Crippen LogP contribution in [0.2, 0.25) is 0 Å². The smallest absolute Gasteiger partial charge is 0.205 e. The van der Waals surface area contributed by atoms with Crippen LogP contribution < -0.4 is 5.32 Å². The number of hydrogen-bond donors (Lipinski definition) is 1. The predicted molar refractivity (Wildman–Crippen MR) is 72.7 cm³/mol. The zero-order valence-corrected chi connectivity index (χ0v) is 11.8. The van der Waals surface area contributed by atoms with Gasteiger partial charge in [0.1, 0.15) is 5.01 Å². The maximum Gasteiger partial charge on any atom is 0.205 e. The SMILES string of the molecule is CC(C)c1nnc(NCC2CCCN(C)C2)s1. The Morgan fingerprint density at radius 2 is 2.29 bits per heavy atom. The highest BCUT2D eigenvalue weighted by atomic mass is 32.1. The highest BCUT2D eigenvalue weighted by molar-refractivity contribution is 7.15. The molecule has 1 aliphatic rings. The maximum absolute atomic E-state index is 4.19. The summed E-state index contributed by atoms with van der Waals surface area (Å²) in [4.78, 5) is 2.41. The topological polar surface area (TPSA) is 41.1 Å². The zero-order chi connectivity index (χ0) is 12.3. The summed E-state index contributed by atoms with van der Waals surface area (Å²) in [6.45, 7) is 7.77. The third-order valence-corrected chi connectivity index (χ3v) is 4.38. The molecule has 0 aromatic carbocycles. The van der Waals surface area contributed by atoms with E-state index in [2.05, 4.69) is 41.3 Å². The number of aromatic nitrogens is 2. The first-order valence-corrected chi connectivity index (χ1v) is 7.22. The molecule has 5 heteroatoms. The van der Waals surface area contributed by atoms with Gasteiger partial charge in [-0.15, -0.1) is 10.2 Å². The summed E-state index contributed by atoms with van der Waals surface area (Å²) in [7, 11) is 2.20. The van der Waals surface area contributed by atoms with Crippen LogP contribution in [0.5, 0.6) is 0 Å². The normalized spacial score (nSPS) is 22.0. The van der Waals surface area contributed by atoms with Crippen LogP contribution in [0.15, 0.2) is 0 Å². The number of nitrogens with zero attached hydrogens (tertiary/aromatic N) is 3. The Morgan fingerprint density at radius 3 is 2.94 bits per heavy atom. The van der Waals surface area contributed by atoms with Gasteiger partial charge >= 0.3 is 0 Å². The lowest BCUT2D eigenvalue weighted by Gasteiger charge is -2.29. The van der Waals surface area contributed by atoms with Crippen molar-refractivity contribution in [2.75, 3.05) is 32.0 Å². The highest BCUT2D eigenvalue weighted by Gasteiger charge is 2.17. The molecule has 0 radical (unpaired) electrons. The van der Waals surface area contributed by atoms with E-state index >= 15 is 0 Å². The van der Waals surface area contributed by atoms with Gasteiger partial charge in [-0.05, 0) is 32.4 Å². The molecule has 1 saturated heterocycles.